The van der Waals surface area contributed by atoms with Crippen molar-refractivity contribution in [2.45, 2.75) is 79.2 Å². The van der Waals surface area contributed by atoms with Crippen molar-refractivity contribution >= 4 is 17.3 Å². The van der Waals surface area contributed by atoms with E-state index in [-0.39, 0.29) is 23.3 Å². The second kappa shape index (κ2) is 12.7. The molecule has 0 radical (unpaired) electrons. The summed E-state index contributed by atoms with van der Waals surface area (Å²) in [5.41, 5.74) is 4.69. The Morgan fingerprint density at radius 3 is 2.43 bits per heavy atom. The molecule has 5 nitrogen and oxygen atoms in total. The summed E-state index contributed by atoms with van der Waals surface area (Å²) < 4.78 is 29.6. The van der Waals surface area contributed by atoms with E-state index in [1.807, 2.05) is 38.1 Å². The summed E-state index contributed by atoms with van der Waals surface area (Å²) in [7, 11) is 3.06. The molecule has 37 heavy (non-hydrogen) atoms. The van der Waals surface area contributed by atoms with Gasteiger partial charge in [0.05, 0.1) is 17.0 Å². The zero-order chi connectivity index (χ0) is 27.3. The maximum atomic E-state index is 15.3. The largest absolute Gasteiger partial charge is 0.308 e. The number of nitrogens with zero attached hydrogens (tertiary/aromatic N) is 3. The molecule has 2 aromatic rings. The van der Waals surface area contributed by atoms with Crippen LogP contribution in [0.3, 0.4) is 0 Å². The monoisotopic (exact) mass is 529 g/mol. The highest BCUT2D eigenvalue weighted by molar-refractivity contribution is 7.82. The lowest BCUT2D eigenvalue weighted by atomic mass is 9.86. The minimum Gasteiger partial charge on any atom is -0.308 e. The molecule has 3 rings (SSSR count). The molecule has 1 aliphatic rings. The molecule has 0 amide bonds. The molecule has 0 aliphatic carbocycles. The molecule has 0 N–H and O–H groups in total. The Bertz CT molecular complexity index is 1100. The summed E-state index contributed by atoms with van der Waals surface area (Å²) in [5.74, 6) is 0.423. The van der Waals surface area contributed by atoms with Crippen LogP contribution in [0.25, 0.3) is 0 Å². The van der Waals surface area contributed by atoms with Crippen molar-refractivity contribution in [1.82, 2.24) is 14.1 Å². The lowest BCUT2D eigenvalue weighted by Gasteiger charge is -2.38. The number of aldehydes is 1. The first-order chi connectivity index (χ1) is 17.4. The van der Waals surface area contributed by atoms with E-state index < -0.39 is 11.0 Å². The number of benzene rings is 2. The van der Waals surface area contributed by atoms with Crippen molar-refractivity contribution in [2.75, 3.05) is 26.4 Å². The first-order valence-electron chi connectivity index (χ1n) is 13.2. The topological polar surface area (TPSA) is 43.9 Å². The fraction of sp³-hybridized carbons (Fsp3) is 0.567. The molecule has 1 aliphatic heterocycles. The highest BCUT2D eigenvalue weighted by atomic mass is 32.2. The van der Waals surface area contributed by atoms with Crippen molar-refractivity contribution in [3.05, 3.63) is 70.0 Å². The maximum Gasteiger partial charge on any atom is 0.138 e. The first-order valence-corrected chi connectivity index (χ1v) is 14.5. The van der Waals surface area contributed by atoms with Crippen LogP contribution in [0.2, 0.25) is 0 Å². The third kappa shape index (κ3) is 8.28. The highest BCUT2D eigenvalue weighted by Crippen LogP contribution is 2.29. The molecule has 3 atom stereocenters. The molecule has 2 aromatic carbocycles. The van der Waals surface area contributed by atoms with Gasteiger partial charge in [-0.05, 0) is 68.5 Å². The Hall–Kier alpha value is -1.93. The normalized spacial score (nSPS) is 19.6. The van der Waals surface area contributed by atoms with Gasteiger partial charge >= 0.3 is 0 Å². The van der Waals surface area contributed by atoms with Crippen molar-refractivity contribution < 1.29 is 13.4 Å². The molecule has 1 fully saturated rings. The molecule has 2 unspecified atom stereocenters. The Morgan fingerprint density at radius 1 is 1.11 bits per heavy atom. The second-order valence-electron chi connectivity index (χ2n) is 12.0. The van der Waals surface area contributed by atoms with Gasteiger partial charge in [-0.25, -0.2) is 12.9 Å². The molecule has 204 valence electrons. The standard InChI is InChI=1S/C30H44FN3O2S/c1-22-11-12-23(2)29(31)28(22)20-33(27(19-32(6)7)16-30(3,4)5)17-24-9-8-10-25(15-24)18-34-26(21-35)13-14-37(34)36/h8-12,15,21,26-27H,13-14,16-20H2,1-7H3/t26?,27-,37?/m0/s1. The van der Waals surface area contributed by atoms with Gasteiger partial charge in [-0.2, -0.15) is 0 Å². The van der Waals surface area contributed by atoms with Gasteiger partial charge in [0.1, 0.15) is 12.1 Å². The zero-order valence-corrected chi connectivity index (χ0v) is 24.4. The SMILES string of the molecule is Cc1ccc(C)c(CN(Cc2cccc(CN3C(C=O)CCS3=O)c2)[C@H](CN(C)C)CC(C)(C)C)c1F. The Balaban J connectivity index is 1.93. The maximum absolute atomic E-state index is 15.3. The molecular formula is C30H44FN3O2S. The summed E-state index contributed by atoms with van der Waals surface area (Å²) >= 11 is 0. The number of likely N-dealkylation sites (N-methyl/N-ethyl adjacent to an activating group) is 1. The molecule has 0 aromatic heterocycles. The predicted molar refractivity (Wildman–Crippen MR) is 151 cm³/mol. The van der Waals surface area contributed by atoms with Gasteiger partial charge in [0, 0.05) is 43.5 Å². The van der Waals surface area contributed by atoms with Crippen molar-refractivity contribution in [2.24, 2.45) is 5.41 Å². The van der Waals surface area contributed by atoms with Crippen molar-refractivity contribution in [3.63, 3.8) is 0 Å². The minimum absolute atomic E-state index is 0.116. The lowest BCUT2D eigenvalue weighted by molar-refractivity contribution is -0.110. The Kier molecular flexibility index (Phi) is 10.2. The fourth-order valence-electron chi connectivity index (χ4n) is 5.18. The predicted octanol–water partition coefficient (Wildman–Crippen LogP) is 5.25. The summed E-state index contributed by atoms with van der Waals surface area (Å²) in [6.07, 6.45) is 2.53. The Morgan fingerprint density at radius 2 is 1.78 bits per heavy atom. The van der Waals surface area contributed by atoms with Gasteiger partial charge in [-0.3, -0.25) is 4.90 Å². The van der Waals surface area contributed by atoms with Gasteiger partial charge in [0.2, 0.25) is 0 Å². The van der Waals surface area contributed by atoms with E-state index in [1.54, 1.807) is 4.31 Å². The smallest absolute Gasteiger partial charge is 0.138 e. The molecule has 1 heterocycles. The summed E-state index contributed by atoms with van der Waals surface area (Å²) in [6, 6.07) is 12.1. The van der Waals surface area contributed by atoms with Crippen LogP contribution in [0.5, 0.6) is 0 Å². The van der Waals surface area contributed by atoms with Crippen LogP contribution in [-0.4, -0.2) is 63.1 Å². The number of carbonyl (C=O) groups excluding carboxylic acids is 1. The lowest BCUT2D eigenvalue weighted by Crippen LogP contribution is -2.43. The van der Waals surface area contributed by atoms with Crippen LogP contribution >= 0.6 is 0 Å². The van der Waals surface area contributed by atoms with E-state index in [4.69, 9.17) is 0 Å². The second-order valence-corrected chi connectivity index (χ2v) is 13.5. The quantitative estimate of drug-likeness (QED) is 0.373. The number of rotatable bonds is 11. The molecule has 0 spiro atoms. The van der Waals surface area contributed by atoms with Gasteiger partial charge in [0.15, 0.2) is 0 Å². The molecule has 7 heteroatoms. The highest BCUT2D eigenvalue weighted by Gasteiger charge is 2.31. The van der Waals surface area contributed by atoms with Gasteiger partial charge < -0.3 is 9.69 Å². The van der Waals surface area contributed by atoms with Crippen molar-refractivity contribution in [1.29, 1.82) is 0 Å². The van der Waals surface area contributed by atoms with Crippen LogP contribution in [0.1, 0.15) is 61.4 Å². The summed E-state index contributed by atoms with van der Waals surface area (Å²) in [5, 5.41) is 0. The number of carbonyl (C=O) groups is 1. The van der Waals surface area contributed by atoms with E-state index in [0.29, 0.717) is 37.4 Å². The third-order valence-corrected chi connectivity index (χ3v) is 8.57. The van der Waals surface area contributed by atoms with Crippen LogP contribution in [0.4, 0.5) is 4.39 Å². The number of halogens is 1. The van der Waals surface area contributed by atoms with E-state index >= 15 is 4.39 Å². The van der Waals surface area contributed by atoms with Gasteiger partial charge in [0.25, 0.3) is 0 Å². The van der Waals surface area contributed by atoms with E-state index in [9.17, 15) is 9.00 Å². The molecule has 1 saturated heterocycles. The summed E-state index contributed by atoms with van der Waals surface area (Å²) in [6.45, 7) is 13.1. The van der Waals surface area contributed by atoms with E-state index in [2.05, 4.69) is 56.8 Å². The molecular weight excluding hydrogens is 485 g/mol. The average molecular weight is 530 g/mol. The minimum atomic E-state index is -1.12. The third-order valence-electron chi connectivity index (χ3n) is 7.06. The number of aryl methyl sites for hydroxylation is 2. The van der Waals surface area contributed by atoms with Crippen LogP contribution in [0.15, 0.2) is 36.4 Å². The van der Waals surface area contributed by atoms with Crippen LogP contribution in [-0.2, 0) is 35.4 Å². The van der Waals surface area contributed by atoms with Crippen LogP contribution < -0.4 is 0 Å². The average Bonchev–Trinajstić information content (AvgIpc) is 3.16. The summed E-state index contributed by atoms with van der Waals surface area (Å²) in [4.78, 5) is 16.1. The number of hydrogen-bond donors (Lipinski definition) is 0. The molecule has 0 bridgehead atoms. The van der Waals surface area contributed by atoms with E-state index in [1.165, 1.54) is 0 Å². The number of hydrogen-bond acceptors (Lipinski definition) is 4. The molecule has 0 saturated carbocycles. The fourth-order valence-corrected chi connectivity index (χ4v) is 6.61. The van der Waals surface area contributed by atoms with Gasteiger partial charge in [-0.15, -0.1) is 0 Å². The van der Waals surface area contributed by atoms with Gasteiger partial charge in [-0.1, -0.05) is 57.2 Å². The first kappa shape index (κ1) is 29.6. The van der Waals surface area contributed by atoms with Crippen LogP contribution in [0, 0.1) is 25.1 Å². The zero-order valence-electron chi connectivity index (χ0n) is 23.6. The Labute approximate surface area is 225 Å². The van der Waals surface area contributed by atoms with E-state index in [0.717, 1.165) is 41.5 Å². The van der Waals surface area contributed by atoms with Crippen molar-refractivity contribution in [3.8, 4) is 0 Å².